The van der Waals surface area contributed by atoms with Crippen LogP contribution in [-0.4, -0.2) is 67.9 Å². The summed E-state index contributed by atoms with van der Waals surface area (Å²) in [6, 6.07) is 1.55. The number of carbonyl (C=O) groups is 1. The van der Waals surface area contributed by atoms with Crippen molar-refractivity contribution in [2.24, 2.45) is 0 Å². The van der Waals surface area contributed by atoms with Crippen LogP contribution in [0.3, 0.4) is 0 Å². The minimum absolute atomic E-state index is 0.121. The highest BCUT2D eigenvalue weighted by Gasteiger charge is 2.34. The zero-order valence-corrected chi connectivity index (χ0v) is 17.2. The van der Waals surface area contributed by atoms with Crippen molar-refractivity contribution in [2.45, 2.75) is 23.7 Å². The van der Waals surface area contributed by atoms with E-state index in [9.17, 15) is 13.2 Å². The fraction of sp³-hybridized carbons (Fsp3) is 0.529. The molecule has 7 nitrogen and oxygen atoms in total. The van der Waals surface area contributed by atoms with Crippen LogP contribution in [0.15, 0.2) is 27.9 Å². The third kappa shape index (κ3) is 3.81. The summed E-state index contributed by atoms with van der Waals surface area (Å²) in [5.74, 6) is 0.0278. The van der Waals surface area contributed by atoms with Crippen molar-refractivity contribution >= 4 is 38.6 Å². The number of nitrogens with zero attached hydrogens (tertiary/aromatic N) is 3. The van der Waals surface area contributed by atoms with Gasteiger partial charge in [-0.2, -0.15) is 4.31 Å². The molecule has 2 saturated heterocycles. The van der Waals surface area contributed by atoms with Gasteiger partial charge in [-0.05, 0) is 24.3 Å². The van der Waals surface area contributed by atoms with E-state index in [0.29, 0.717) is 44.3 Å². The van der Waals surface area contributed by atoms with Crippen molar-refractivity contribution < 1.29 is 17.9 Å². The average molecular weight is 428 g/mol. The molecule has 27 heavy (non-hydrogen) atoms. The molecule has 2 aliphatic heterocycles. The first-order chi connectivity index (χ1) is 13.1. The first kappa shape index (κ1) is 19.0. The molecule has 0 saturated carbocycles. The summed E-state index contributed by atoms with van der Waals surface area (Å²) >= 11 is 2.81. The minimum atomic E-state index is -3.68. The fourth-order valence-corrected chi connectivity index (χ4v) is 7.06. The zero-order chi connectivity index (χ0) is 18.9. The van der Waals surface area contributed by atoms with Gasteiger partial charge in [0, 0.05) is 43.7 Å². The van der Waals surface area contributed by atoms with Gasteiger partial charge in [0.05, 0.1) is 18.2 Å². The van der Waals surface area contributed by atoms with E-state index >= 15 is 0 Å². The van der Waals surface area contributed by atoms with Crippen LogP contribution in [0.5, 0.6) is 0 Å². The number of amides is 1. The molecule has 0 aromatic carbocycles. The number of hydrogen-bond donors (Lipinski definition) is 0. The zero-order valence-electron chi connectivity index (χ0n) is 14.7. The Bertz CT molecular complexity index is 888. The Morgan fingerprint density at radius 2 is 2.00 bits per heavy atom. The van der Waals surface area contributed by atoms with Gasteiger partial charge in [0.2, 0.25) is 10.0 Å². The summed E-state index contributed by atoms with van der Waals surface area (Å²) in [7, 11) is -3.68. The van der Waals surface area contributed by atoms with Crippen LogP contribution in [-0.2, 0) is 14.8 Å². The summed E-state index contributed by atoms with van der Waals surface area (Å²) in [5, 5.41) is 4.67. The molecule has 146 valence electrons. The lowest BCUT2D eigenvalue weighted by atomic mass is 9.98. The number of ether oxygens (including phenoxy) is 1. The van der Waals surface area contributed by atoms with Crippen LogP contribution in [0, 0.1) is 0 Å². The molecule has 2 aromatic heterocycles. The molecule has 2 fully saturated rings. The average Bonchev–Trinajstić information content (AvgIpc) is 3.40. The molecule has 1 amide bonds. The highest BCUT2D eigenvalue weighted by molar-refractivity contribution is 7.89. The summed E-state index contributed by atoms with van der Waals surface area (Å²) in [6.07, 6.45) is 3.68. The predicted molar refractivity (Wildman–Crippen MR) is 104 cm³/mol. The van der Waals surface area contributed by atoms with Crippen molar-refractivity contribution in [1.82, 2.24) is 14.2 Å². The fourth-order valence-electron chi connectivity index (χ4n) is 3.53. The topological polar surface area (TPSA) is 79.8 Å². The van der Waals surface area contributed by atoms with E-state index in [2.05, 4.69) is 4.98 Å². The van der Waals surface area contributed by atoms with E-state index in [-0.39, 0.29) is 16.7 Å². The largest absolute Gasteiger partial charge is 0.379 e. The third-order valence-corrected chi connectivity index (χ3v) is 8.83. The van der Waals surface area contributed by atoms with Crippen LogP contribution in [0.25, 0.3) is 0 Å². The Hall–Kier alpha value is -1.33. The molecule has 2 aliphatic rings. The van der Waals surface area contributed by atoms with Crippen molar-refractivity contribution in [3.63, 3.8) is 0 Å². The third-order valence-electron chi connectivity index (χ3n) is 4.92. The molecule has 0 radical (unpaired) electrons. The number of sulfonamides is 1. The molecular weight excluding hydrogens is 406 g/mol. The molecule has 2 aromatic rings. The molecule has 1 unspecified atom stereocenters. The maximum atomic E-state index is 13.1. The Morgan fingerprint density at radius 3 is 2.74 bits per heavy atom. The monoisotopic (exact) mass is 427 g/mol. The van der Waals surface area contributed by atoms with Gasteiger partial charge in [0.25, 0.3) is 5.91 Å². The Kier molecular flexibility index (Phi) is 5.60. The number of rotatable bonds is 4. The lowest BCUT2D eigenvalue weighted by Gasteiger charge is -2.32. The maximum absolute atomic E-state index is 13.1. The second-order valence-electron chi connectivity index (χ2n) is 6.59. The Labute approximate surface area is 166 Å². The van der Waals surface area contributed by atoms with E-state index in [1.807, 2.05) is 5.38 Å². The van der Waals surface area contributed by atoms with Gasteiger partial charge in [-0.15, -0.1) is 22.7 Å². The lowest BCUT2D eigenvalue weighted by Crippen LogP contribution is -2.42. The minimum Gasteiger partial charge on any atom is -0.379 e. The quantitative estimate of drug-likeness (QED) is 0.748. The first-order valence-electron chi connectivity index (χ1n) is 8.91. The summed E-state index contributed by atoms with van der Waals surface area (Å²) in [6.45, 7) is 2.64. The number of thiazole rings is 1. The number of piperidine rings is 1. The number of hydrogen-bond acceptors (Lipinski definition) is 7. The van der Waals surface area contributed by atoms with Crippen LogP contribution in [0.2, 0.25) is 0 Å². The lowest BCUT2D eigenvalue weighted by molar-refractivity contribution is 0.0703. The molecule has 4 rings (SSSR count). The van der Waals surface area contributed by atoms with Crippen molar-refractivity contribution in [1.29, 1.82) is 0 Å². The van der Waals surface area contributed by atoms with E-state index in [1.54, 1.807) is 33.9 Å². The summed E-state index contributed by atoms with van der Waals surface area (Å²) in [5.41, 5.74) is 0. The smallest absolute Gasteiger partial charge is 0.265 e. The molecular formula is C17H21N3O4S3. The normalized spacial score (nSPS) is 22.1. The van der Waals surface area contributed by atoms with Crippen LogP contribution >= 0.6 is 22.7 Å². The number of carbonyl (C=O) groups excluding carboxylic acids is 1. The van der Waals surface area contributed by atoms with E-state index < -0.39 is 10.0 Å². The highest BCUT2D eigenvalue weighted by atomic mass is 32.2. The first-order valence-corrected chi connectivity index (χ1v) is 12.1. The number of likely N-dealkylation sites (tertiary alicyclic amines) is 1. The molecule has 4 heterocycles. The molecule has 0 aliphatic carbocycles. The summed E-state index contributed by atoms with van der Waals surface area (Å²) < 4.78 is 32.7. The van der Waals surface area contributed by atoms with Gasteiger partial charge in [-0.1, -0.05) is 0 Å². The predicted octanol–water partition coefficient (Wildman–Crippen LogP) is 2.25. The van der Waals surface area contributed by atoms with Crippen molar-refractivity contribution in [2.75, 3.05) is 39.4 Å². The second-order valence-corrected chi connectivity index (χ2v) is 10.3. The van der Waals surface area contributed by atoms with Gasteiger partial charge in [0.1, 0.15) is 9.77 Å². The van der Waals surface area contributed by atoms with E-state index in [0.717, 1.165) is 17.8 Å². The van der Waals surface area contributed by atoms with Gasteiger partial charge in [-0.3, -0.25) is 4.79 Å². The van der Waals surface area contributed by atoms with Crippen molar-refractivity contribution in [3.8, 4) is 0 Å². The highest BCUT2D eigenvalue weighted by Crippen LogP contribution is 2.32. The maximum Gasteiger partial charge on any atom is 0.265 e. The van der Waals surface area contributed by atoms with Gasteiger partial charge < -0.3 is 9.64 Å². The van der Waals surface area contributed by atoms with Gasteiger partial charge >= 0.3 is 0 Å². The van der Waals surface area contributed by atoms with Crippen LogP contribution in [0.1, 0.15) is 33.4 Å². The van der Waals surface area contributed by atoms with E-state index in [1.165, 1.54) is 15.6 Å². The molecule has 1 atom stereocenters. The molecule has 10 heteroatoms. The number of aromatic nitrogens is 1. The van der Waals surface area contributed by atoms with E-state index in [4.69, 9.17) is 4.74 Å². The summed E-state index contributed by atoms with van der Waals surface area (Å²) in [4.78, 5) is 19.7. The Balaban J connectivity index is 1.55. The van der Waals surface area contributed by atoms with Crippen LogP contribution in [0.4, 0.5) is 0 Å². The van der Waals surface area contributed by atoms with Crippen LogP contribution < -0.4 is 0 Å². The van der Waals surface area contributed by atoms with Gasteiger partial charge in [-0.25, -0.2) is 13.4 Å². The standard InChI is InChI=1S/C17H21N3O4S3/c21-17(19-5-1-2-13(12-19)16-18-4-11-26-16)15-14(3-10-25-15)27(22,23)20-6-8-24-9-7-20/h3-4,10-11,13H,1-2,5-9,12H2. The Morgan fingerprint density at radius 1 is 1.19 bits per heavy atom. The molecule has 0 N–H and O–H groups in total. The number of thiophene rings is 1. The SMILES string of the molecule is O=C(c1sccc1S(=O)(=O)N1CCOCC1)N1CCCC(c2nccs2)C1. The van der Waals surface area contributed by atoms with Crippen molar-refractivity contribution in [3.05, 3.63) is 32.9 Å². The number of morpholine rings is 1. The molecule has 0 spiro atoms. The molecule has 0 bridgehead atoms. The van der Waals surface area contributed by atoms with Gasteiger partial charge in [0.15, 0.2) is 0 Å². The second kappa shape index (κ2) is 7.96.